The molecule has 24 heavy (non-hydrogen) atoms. The molecule has 0 amide bonds. The van der Waals surface area contributed by atoms with E-state index in [0.717, 1.165) is 11.1 Å². The molecule has 0 bridgehead atoms. The lowest BCUT2D eigenvalue weighted by Gasteiger charge is -2.08. The van der Waals surface area contributed by atoms with Crippen molar-refractivity contribution in [3.8, 4) is 16.9 Å². The average molecular weight is 326 g/mol. The van der Waals surface area contributed by atoms with Crippen molar-refractivity contribution in [3.63, 3.8) is 0 Å². The van der Waals surface area contributed by atoms with Gasteiger partial charge in [0.05, 0.1) is 19.4 Å². The van der Waals surface area contributed by atoms with Gasteiger partial charge in [-0.2, -0.15) is 0 Å². The first kappa shape index (κ1) is 17.7. The number of carbonyl (C=O) groups excluding carboxylic acids is 2. The van der Waals surface area contributed by atoms with Crippen LogP contribution in [0.4, 0.5) is 0 Å². The van der Waals surface area contributed by atoms with Crippen LogP contribution in [-0.2, 0) is 14.3 Å². The average Bonchev–Trinajstić information content (AvgIpc) is 2.59. The summed E-state index contributed by atoms with van der Waals surface area (Å²) in [6.45, 7) is 4.29. The normalized spacial score (nSPS) is 10.5. The van der Waals surface area contributed by atoms with E-state index in [1.807, 2.05) is 56.3 Å². The zero-order valence-electron chi connectivity index (χ0n) is 14.0. The van der Waals surface area contributed by atoms with Gasteiger partial charge in [0.1, 0.15) is 5.75 Å². The van der Waals surface area contributed by atoms with Crippen molar-refractivity contribution < 1.29 is 19.1 Å². The molecule has 0 spiro atoms. The molecule has 0 saturated carbocycles. The minimum Gasteiger partial charge on any atom is -0.465 e. The summed E-state index contributed by atoms with van der Waals surface area (Å²) in [4.78, 5) is 23.3. The van der Waals surface area contributed by atoms with Gasteiger partial charge in [0.2, 0.25) is 0 Å². The Labute approximate surface area is 142 Å². The van der Waals surface area contributed by atoms with Gasteiger partial charge in [-0.25, -0.2) is 0 Å². The second kappa shape index (κ2) is 8.87. The summed E-state index contributed by atoms with van der Waals surface area (Å²) in [6.07, 6.45) is 0.0466. The van der Waals surface area contributed by atoms with Gasteiger partial charge in [0, 0.05) is 0 Å². The number of carbonyl (C=O) groups is 2. The molecule has 0 aliphatic carbocycles. The molecule has 0 aromatic heterocycles. The highest BCUT2D eigenvalue weighted by Gasteiger charge is 2.11. The van der Waals surface area contributed by atoms with E-state index in [1.54, 1.807) is 12.1 Å². The Balaban J connectivity index is 1.81. The third-order valence-corrected chi connectivity index (χ3v) is 3.30. The summed E-state index contributed by atoms with van der Waals surface area (Å²) in [6, 6.07) is 17.2. The highest BCUT2D eigenvalue weighted by atomic mass is 16.5. The highest BCUT2D eigenvalue weighted by molar-refractivity contribution is 5.79. The Kier molecular flexibility index (Phi) is 6.55. The monoisotopic (exact) mass is 326 g/mol. The second-order valence-electron chi connectivity index (χ2n) is 5.94. The Hall–Kier alpha value is -2.62. The van der Waals surface area contributed by atoms with Crippen LogP contribution < -0.4 is 4.74 Å². The minimum absolute atomic E-state index is 0.0113. The molecular formula is C20H22O4. The summed E-state index contributed by atoms with van der Waals surface area (Å²) in [5.74, 6) is -0.0664. The molecule has 0 heterocycles. The fourth-order valence-electron chi connectivity index (χ4n) is 2.06. The molecule has 0 N–H and O–H groups in total. The molecule has 2 aromatic rings. The Morgan fingerprint density at radius 2 is 1.42 bits per heavy atom. The molecule has 0 fully saturated rings. The summed E-state index contributed by atoms with van der Waals surface area (Å²) in [5.41, 5.74) is 2.15. The van der Waals surface area contributed by atoms with Crippen molar-refractivity contribution in [3.05, 3.63) is 54.6 Å². The molecule has 0 aliphatic rings. The third-order valence-electron chi connectivity index (χ3n) is 3.30. The van der Waals surface area contributed by atoms with E-state index >= 15 is 0 Å². The van der Waals surface area contributed by atoms with Crippen molar-refractivity contribution in [1.29, 1.82) is 0 Å². The first-order valence-corrected chi connectivity index (χ1v) is 8.06. The summed E-state index contributed by atoms with van der Waals surface area (Å²) >= 11 is 0. The molecule has 0 unspecified atom stereocenters. The van der Waals surface area contributed by atoms with Crippen molar-refractivity contribution >= 4 is 11.9 Å². The Morgan fingerprint density at radius 1 is 0.833 bits per heavy atom. The second-order valence-corrected chi connectivity index (χ2v) is 5.94. The molecule has 0 saturated heterocycles. The van der Waals surface area contributed by atoms with E-state index in [4.69, 9.17) is 9.47 Å². The van der Waals surface area contributed by atoms with Gasteiger partial charge in [-0.1, -0.05) is 56.3 Å². The molecule has 2 aromatic carbocycles. The van der Waals surface area contributed by atoms with E-state index in [-0.39, 0.29) is 24.7 Å². The van der Waals surface area contributed by atoms with Crippen molar-refractivity contribution in [2.75, 3.05) is 6.61 Å². The van der Waals surface area contributed by atoms with E-state index in [1.165, 1.54) is 0 Å². The lowest BCUT2D eigenvalue weighted by atomic mass is 10.1. The van der Waals surface area contributed by atoms with Gasteiger partial charge < -0.3 is 9.47 Å². The molecule has 0 atom stereocenters. The lowest BCUT2D eigenvalue weighted by Crippen LogP contribution is -2.14. The number of benzene rings is 2. The topological polar surface area (TPSA) is 52.6 Å². The lowest BCUT2D eigenvalue weighted by molar-refractivity contribution is -0.147. The fraction of sp³-hybridized carbons (Fsp3) is 0.300. The minimum atomic E-state index is -0.441. The largest absolute Gasteiger partial charge is 0.465 e. The quantitative estimate of drug-likeness (QED) is 0.564. The first-order chi connectivity index (χ1) is 11.5. The zero-order valence-corrected chi connectivity index (χ0v) is 14.0. The zero-order chi connectivity index (χ0) is 17.4. The van der Waals surface area contributed by atoms with Crippen LogP contribution in [0.3, 0.4) is 0 Å². The van der Waals surface area contributed by atoms with Gasteiger partial charge >= 0.3 is 11.9 Å². The number of hydrogen-bond acceptors (Lipinski definition) is 4. The van der Waals surface area contributed by atoms with Crippen molar-refractivity contribution in [2.45, 2.75) is 26.7 Å². The van der Waals surface area contributed by atoms with Gasteiger partial charge in [0.15, 0.2) is 0 Å². The maximum Gasteiger partial charge on any atom is 0.311 e. The van der Waals surface area contributed by atoms with Crippen LogP contribution in [0.25, 0.3) is 11.1 Å². The van der Waals surface area contributed by atoms with Crippen LogP contribution in [-0.4, -0.2) is 18.5 Å². The molecule has 0 aliphatic heterocycles. The maximum atomic E-state index is 11.8. The first-order valence-electron chi connectivity index (χ1n) is 8.06. The standard InChI is InChI=1S/C20H22O4/c1-15(2)14-23-19(21)12-13-20(22)24-18-10-8-17(9-11-18)16-6-4-3-5-7-16/h3-11,15H,12-14H2,1-2H3. The molecule has 4 nitrogen and oxygen atoms in total. The molecule has 0 radical (unpaired) electrons. The molecular weight excluding hydrogens is 304 g/mol. The maximum absolute atomic E-state index is 11.8. The van der Waals surface area contributed by atoms with E-state index in [9.17, 15) is 9.59 Å². The summed E-state index contributed by atoms with van der Waals surface area (Å²) in [7, 11) is 0. The van der Waals surface area contributed by atoms with Gasteiger partial charge in [0.25, 0.3) is 0 Å². The van der Waals surface area contributed by atoms with Crippen LogP contribution >= 0.6 is 0 Å². The molecule has 4 heteroatoms. The number of esters is 2. The van der Waals surface area contributed by atoms with Gasteiger partial charge in [-0.15, -0.1) is 0 Å². The van der Waals surface area contributed by atoms with Crippen LogP contribution in [0.2, 0.25) is 0 Å². The van der Waals surface area contributed by atoms with Crippen LogP contribution in [0.5, 0.6) is 5.75 Å². The van der Waals surface area contributed by atoms with Crippen LogP contribution in [0.15, 0.2) is 54.6 Å². The highest BCUT2D eigenvalue weighted by Crippen LogP contribution is 2.22. The number of ether oxygens (including phenoxy) is 2. The Bertz CT molecular complexity index is 660. The fourth-order valence-corrected chi connectivity index (χ4v) is 2.06. The van der Waals surface area contributed by atoms with E-state index < -0.39 is 5.97 Å². The van der Waals surface area contributed by atoms with Gasteiger partial charge in [-0.3, -0.25) is 9.59 Å². The van der Waals surface area contributed by atoms with Crippen LogP contribution in [0.1, 0.15) is 26.7 Å². The third kappa shape index (κ3) is 5.88. The smallest absolute Gasteiger partial charge is 0.311 e. The Morgan fingerprint density at radius 3 is 2.04 bits per heavy atom. The van der Waals surface area contributed by atoms with Crippen molar-refractivity contribution in [2.24, 2.45) is 5.92 Å². The molecule has 126 valence electrons. The summed E-state index contributed by atoms with van der Waals surface area (Å²) in [5, 5.41) is 0. The molecule has 2 rings (SSSR count). The SMILES string of the molecule is CC(C)COC(=O)CCC(=O)Oc1ccc(-c2ccccc2)cc1. The van der Waals surface area contributed by atoms with E-state index in [2.05, 4.69) is 0 Å². The van der Waals surface area contributed by atoms with Crippen molar-refractivity contribution in [1.82, 2.24) is 0 Å². The van der Waals surface area contributed by atoms with Gasteiger partial charge in [-0.05, 0) is 29.2 Å². The summed E-state index contributed by atoms with van der Waals surface area (Å²) < 4.78 is 10.3. The van der Waals surface area contributed by atoms with E-state index in [0.29, 0.717) is 12.4 Å². The number of rotatable bonds is 7. The predicted octanol–water partition coefficient (Wildman–Crippen LogP) is 4.24. The van der Waals surface area contributed by atoms with Crippen LogP contribution in [0, 0.1) is 5.92 Å². The number of hydrogen-bond donors (Lipinski definition) is 0. The predicted molar refractivity (Wildman–Crippen MR) is 92.5 cm³/mol.